The van der Waals surface area contributed by atoms with Crippen LogP contribution in [0.25, 0.3) is 0 Å². The highest BCUT2D eigenvalue weighted by Gasteiger charge is 2.40. The molecular weight excluding hydrogens is 356 g/mol. The monoisotopic (exact) mass is 386 g/mol. The molecule has 6 heteroatoms. The lowest BCUT2D eigenvalue weighted by Gasteiger charge is -2.38. The number of carbonyl (C=O) groups is 2. The normalized spacial score (nSPS) is 21.3. The van der Waals surface area contributed by atoms with E-state index in [0.717, 1.165) is 42.7 Å². The lowest BCUT2D eigenvalue weighted by Crippen LogP contribution is -2.50. The summed E-state index contributed by atoms with van der Waals surface area (Å²) in [5, 5.41) is 0. The van der Waals surface area contributed by atoms with Gasteiger partial charge < -0.3 is 19.3 Å². The van der Waals surface area contributed by atoms with Crippen LogP contribution in [0, 0.1) is 5.92 Å². The highest BCUT2D eigenvalue weighted by atomic mass is 16.7. The standard InChI is InChI=1S/C22H30N2O4/c1-3-17(4-2)24(12-15-5-9-19-20(11-15)28-14-27-19)22(26)16-6-10-21(25)23(13-16)18-7-8-18/h5,9,11,16-18H,3-4,6-8,10,12-14H2,1-2H3. The summed E-state index contributed by atoms with van der Waals surface area (Å²) in [5.41, 5.74) is 1.05. The van der Waals surface area contributed by atoms with Gasteiger partial charge in [0, 0.05) is 31.6 Å². The van der Waals surface area contributed by atoms with Crippen LogP contribution in [-0.4, -0.2) is 47.0 Å². The summed E-state index contributed by atoms with van der Waals surface area (Å²) in [4.78, 5) is 29.7. The van der Waals surface area contributed by atoms with E-state index < -0.39 is 0 Å². The number of nitrogens with zero attached hydrogens (tertiary/aromatic N) is 2. The summed E-state index contributed by atoms with van der Waals surface area (Å²) in [5.74, 6) is 1.82. The van der Waals surface area contributed by atoms with E-state index in [1.807, 2.05) is 28.0 Å². The molecule has 1 aromatic rings. The van der Waals surface area contributed by atoms with Gasteiger partial charge in [0.25, 0.3) is 0 Å². The van der Waals surface area contributed by atoms with E-state index in [4.69, 9.17) is 9.47 Å². The Kier molecular flexibility index (Phi) is 5.47. The summed E-state index contributed by atoms with van der Waals surface area (Å²) < 4.78 is 10.9. The van der Waals surface area contributed by atoms with Gasteiger partial charge in [0.05, 0.1) is 5.92 Å². The van der Waals surface area contributed by atoms with Crippen LogP contribution < -0.4 is 9.47 Å². The predicted molar refractivity (Wildman–Crippen MR) is 105 cm³/mol. The van der Waals surface area contributed by atoms with Crippen LogP contribution in [0.5, 0.6) is 11.5 Å². The van der Waals surface area contributed by atoms with Crippen molar-refractivity contribution in [2.24, 2.45) is 5.92 Å². The Hall–Kier alpha value is -2.24. The van der Waals surface area contributed by atoms with Crippen molar-refractivity contribution < 1.29 is 19.1 Å². The minimum absolute atomic E-state index is 0.0899. The van der Waals surface area contributed by atoms with Gasteiger partial charge in [0.2, 0.25) is 18.6 Å². The molecule has 6 nitrogen and oxygen atoms in total. The zero-order chi connectivity index (χ0) is 19.7. The van der Waals surface area contributed by atoms with Crippen LogP contribution >= 0.6 is 0 Å². The lowest BCUT2D eigenvalue weighted by atomic mass is 9.94. The van der Waals surface area contributed by atoms with Gasteiger partial charge in [-0.15, -0.1) is 0 Å². The molecule has 1 atom stereocenters. The van der Waals surface area contributed by atoms with Crippen LogP contribution in [0.15, 0.2) is 18.2 Å². The first-order valence-electron chi connectivity index (χ1n) is 10.6. The number of rotatable bonds is 7. The quantitative estimate of drug-likeness (QED) is 0.721. The van der Waals surface area contributed by atoms with Crippen LogP contribution in [0.1, 0.15) is 57.9 Å². The zero-order valence-electron chi connectivity index (χ0n) is 16.9. The Labute approximate surface area is 166 Å². The number of hydrogen-bond donors (Lipinski definition) is 0. The molecule has 2 aliphatic heterocycles. The molecule has 1 unspecified atom stereocenters. The van der Waals surface area contributed by atoms with Crippen molar-refractivity contribution in [3.8, 4) is 11.5 Å². The molecule has 4 rings (SSSR count). The topological polar surface area (TPSA) is 59.1 Å². The van der Waals surface area contributed by atoms with Gasteiger partial charge >= 0.3 is 0 Å². The molecule has 0 spiro atoms. The molecule has 1 aromatic carbocycles. The molecule has 1 aliphatic carbocycles. The number of likely N-dealkylation sites (tertiary alicyclic amines) is 1. The predicted octanol–water partition coefficient (Wildman–Crippen LogP) is 3.33. The highest BCUT2D eigenvalue weighted by Crippen LogP contribution is 2.35. The fourth-order valence-corrected chi connectivity index (χ4v) is 4.40. The molecule has 0 radical (unpaired) electrons. The van der Waals surface area contributed by atoms with E-state index in [1.165, 1.54) is 0 Å². The van der Waals surface area contributed by atoms with Crippen LogP contribution in [0.4, 0.5) is 0 Å². The summed E-state index contributed by atoms with van der Waals surface area (Å²) in [7, 11) is 0. The van der Waals surface area contributed by atoms with E-state index in [2.05, 4.69) is 13.8 Å². The Morgan fingerprint density at radius 2 is 1.93 bits per heavy atom. The van der Waals surface area contributed by atoms with Crippen molar-refractivity contribution in [2.75, 3.05) is 13.3 Å². The summed E-state index contributed by atoms with van der Waals surface area (Å²) >= 11 is 0. The Morgan fingerprint density at radius 3 is 2.64 bits per heavy atom. The van der Waals surface area contributed by atoms with Gasteiger partial charge in [0.1, 0.15) is 0 Å². The molecule has 152 valence electrons. The third-order valence-corrected chi connectivity index (χ3v) is 6.24. The number of benzene rings is 1. The lowest BCUT2D eigenvalue weighted by molar-refractivity contribution is -0.145. The van der Waals surface area contributed by atoms with Gasteiger partial charge in [-0.3, -0.25) is 9.59 Å². The molecule has 2 heterocycles. The van der Waals surface area contributed by atoms with E-state index in [-0.39, 0.29) is 30.6 Å². The average Bonchev–Trinajstić information content (AvgIpc) is 3.45. The summed E-state index contributed by atoms with van der Waals surface area (Å²) in [6.07, 6.45) is 5.17. The second-order valence-corrected chi connectivity index (χ2v) is 8.14. The molecule has 0 bridgehead atoms. The van der Waals surface area contributed by atoms with Gasteiger partial charge in [0.15, 0.2) is 11.5 Å². The summed E-state index contributed by atoms with van der Waals surface area (Å²) in [6, 6.07) is 6.48. The molecule has 2 fully saturated rings. The largest absolute Gasteiger partial charge is 0.454 e. The number of hydrogen-bond acceptors (Lipinski definition) is 4. The SMILES string of the molecule is CCC(CC)N(Cc1ccc2c(c1)OCO2)C(=O)C1CCC(=O)N(C2CC2)C1. The molecule has 1 saturated carbocycles. The fraction of sp³-hybridized carbons (Fsp3) is 0.636. The van der Waals surface area contributed by atoms with Crippen LogP contribution in [0.2, 0.25) is 0 Å². The average molecular weight is 386 g/mol. The number of fused-ring (bicyclic) bond motifs is 1. The smallest absolute Gasteiger partial charge is 0.231 e. The molecule has 0 N–H and O–H groups in total. The number of ether oxygens (including phenoxy) is 2. The van der Waals surface area contributed by atoms with Gasteiger partial charge in [-0.2, -0.15) is 0 Å². The minimum atomic E-state index is -0.0899. The maximum Gasteiger partial charge on any atom is 0.231 e. The van der Waals surface area contributed by atoms with Crippen LogP contribution in [0.3, 0.4) is 0 Å². The molecule has 28 heavy (non-hydrogen) atoms. The van der Waals surface area contributed by atoms with Crippen molar-refractivity contribution >= 4 is 11.8 Å². The fourth-order valence-electron chi connectivity index (χ4n) is 4.40. The zero-order valence-corrected chi connectivity index (χ0v) is 16.9. The first-order valence-corrected chi connectivity index (χ1v) is 10.6. The Bertz CT molecular complexity index is 742. The minimum Gasteiger partial charge on any atom is -0.454 e. The third kappa shape index (κ3) is 3.82. The first-order chi connectivity index (χ1) is 13.6. The van der Waals surface area contributed by atoms with Crippen molar-refractivity contribution in [1.29, 1.82) is 0 Å². The van der Waals surface area contributed by atoms with Gasteiger partial charge in [-0.1, -0.05) is 19.9 Å². The van der Waals surface area contributed by atoms with Crippen molar-refractivity contribution in [1.82, 2.24) is 9.80 Å². The van der Waals surface area contributed by atoms with E-state index in [1.54, 1.807) is 0 Å². The van der Waals surface area contributed by atoms with Crippen molar-refractivity contribution in [3.63, 3.8) is 0 Å². The third-order valence-electron chi connectivity index (χ3n) is 6.24. The molecule has 3 aliphatic rings. The second kappa shape index (κ2) is 8.02. The molecular formula is C22H30N2O4. The highest BCUT2D eigenvalue weighted by molar-refractivity contribution is 5.84. The van der Waals surface area contributed by atoms with Crippen molar-refractivity contribution in [2.45, 2.75) is 71.0 Å². The van der Waals surface area contributed by atoms with Gasteiger partial charge in [-0.05, 0) is 49.8 Å². The number of piperidine rings is 1. The van der Waals surface area contributed by atoms with E-state index in [0.29, 0.717) is 32.0 Å². The van der Waals surface area contributed by atoms with E-state index >= 15 is 0 Å². The first kappa shape index (κ1) is 19.1. The molecule has 0 aromatic heterocycles. The van der Waals surface area contributed by atoms with E-state index in [9.17, 15) is 9.59 Å². The Balaban J connectivity index is 1.52. The second-order valence-electron chi connectivity index (χ2n) is 8.14. The van der Waals surface area contributed by atoms with Gasteiger partial charge in [-0.25, -0.2) is 0 Å². The Morgan fingerprint density at radius 1 is 1.18 bits per heavy atom. The van der Waals surface area contributed by atoms with Crippen LogP contribution in [-0.2, 0) is 16.1 Å². The number of carbonyl (C=O) groups excluding carboxylic acids is 2. The maximum atomic E-state index is 13.5. The number of amides is 2. The maximum absolute atomic E-state index is 13.5. The summed E-state index contributed by atoms with van der Waals surface area (Å²) in [6.45, 7) is 5.67. The molecule has 1 saturated heterocycles. The molecule has 2 amide bonds. The van der Waals surface area contributed by atoms with Crippen molar-refractivity contribution in [3.05, 3.63) is 23.8 Å².